The SMILES string of the molecule is C=CCOc1ccc(C[C@H](NPP)C(=O)O)cc1. The third-order valence-electron chi connectivity index (χ3n) is 2.29. The Balaban J connectivity index is 2.61. The number of nitrogens with one attached hydrogen (secondary N) is 1. The van der Waals surface area contributed by atoms with Gasteiger partial charge in [-0.3, -0.25) is 9.88 Å². The van der Waals surface area contributed by atoms with Gasteiger partial charge in [-0.1, -0.05) is 33.7 Å². The van der Waals surface area contributed by atoms with Crippen LogP contribution in [0.2, 0.25) is 0 Å². The first-order chi connectivity index (χ1) is 8.67. The highest BCUT2D eigenvalue weighted by Crippen LogP contribution is 2.18. The molecule has 0 aliphatic rings. The molecule has 0 spiro atoms. The van der Waals surface area contributed by atoms with Gasteiger partial charge in [-0.2, -0.15) is 0 Å². The van der Waals surface area contributed by atoms with Gasteiger partial charge in [0.15, 0.2) is 0 Å². The summed E-state index contributed by atoms with van der Waals surface area (Å²) in [4.78, 5) is 11.0. The second kappa shape index (κ2) is 8.20. The van der Waals surface area contributed by atoms with Gasteiger partial charge in [0.2, 0.25) is 0 Å². The molecule has 0 radical (unpaired) electrons. The summed E-state index contributed by atoms with van der Waals surface area (Å²) in [5.41, 5.74) is 0.962. The van der Waals surface area contributed by atoms with E-state index in [-0.39, 0.29) is 0 Å². The standard InChI is InChI=1S/C12H17NO3P2/c1-2-7-16-10-5-3-9(4-6-10)8-11(12(14)15)13-18-17/h2-6,11,13,18H,1,7-8,17H2,(H,14,15)/t11-/m0/s1. The van der Waals surface area contributed by atoms with Crippen LogP contribution in [0, 0.1) is 0 Å². The number of carboxylic acid groups (broad SMARTS) is 1. The topological polar surface area (TPSA) is 58.6 Å². The highest BCUT2D eigenvalue weighted by Gasteiger charge is 2.16. The molecule has 0 amide bonds. The summed E-state index contributed by atoms with van der Waals surface area (Å²) in [6, 6.07) is 6.87. The lowest BCUT2D eigenvalue weighted by atomic mass is 10.1. The zero-order valence-electron chi connectivity index (χ0n) is 9.93. The van der Waals surface area contributed by atoms with Crippen LogP contribution in [0.3, 0.4) is 0 Å². The first kappa shape index (κ1) is 15.1. The van der Waals surface area contributed by atoms with Crippen molar-refractivity contribution in [2.75, 3.05) is 6.61 Å². The number of carboxylic acids is 1. The molecular weight excluding hydrogens is 268 g/mol. The van der Waals surface area contributed by atoms with Crippen LogP contribution < -0.4 is 9.82 Å². The van der Waals surface area contributed by atoms with E-state index in [1.807, 2.05) is 24.3 Å². The molecule has 1 rings (SSSR count). The van der Waals surface area contributed by atoms with Crippen LogP contribution in [-0.4, -0.2) is 23.7 Å². The minimum atomic E-state index is -0.836. The Morgan fingerprint density at radius 3 is 2.72 bits per heavy atom. The van der Waals surface area contributed by atoms with Crippen LogP contribution in [0.1, 0.15) is 5.56 Å². The van der Waals surface area contributed by atoms with E-state index in [1.165, 1.54) is 0 Å². The summed E-state index contributed by atoms with van der Waals surface area (Å²) in [5, 5.41) is 12.0. The molecular formula is C12H17NO3P2. The van der Waals surface area contributed by atoms with E-state index in [0.29, 0.717) is 21.4 Å². The summed E-state index contributed by atoms with van der Waals surface area (Å²) < 4.78 is 5.36. The van der Waals surface area contributed by atoms with Gasteiger partial charge >= 0.3 is 5.97 Å². The number of aliphatic carboxylic acids is 1. The van der Waals surface area contributed by atoms with E-state index in [9.17, 15) is 4.79 Å². The third kappa shape index (κ3) is 5.14. The van der Waals surface area contributed by atoms with Crippen LogP contribution in [0.5, 0.6) is 5.75 Å². The van der Waals surface area contributed by atoms with E-state index in [0.717, 1.165) is 11.3 Å². The van der Waals surface area contributed by atoms with Crippen molar-refractivity contribution in [2.45, 2.75) is 12.5 Å². The Kier molecular flexibility index (Phi) is 6.89. The van der Waals surface area contributed by atoms with Crippen molar-refractivity contribution in [3.05, 3.63) is 42.5 Å². The molecule has 2 N–H and O–H groups in total. The molecule has 0 saturated heterocycles. The highest BCUT2D eigenvalue weighted by molar-refractivity contribution is 8.01. The first-order valence-electron chi connectivity index (χ1n) is 5.44. The lowest BCUT2D eigenvalue weighted by Crippen LogP contribution is -2.32. The lowest BCUT2D eigenvalue weighted by Gasteiger charge is -2.13. The Morgan fingerprint density at radius 2 is 2.22 bits per heavy atom. The van der Waals surface area contributed by atoms with Crippen LogP contribution in [0.15, 0.2) is 36.9 Å². The van der Waals surface area contributed by atoms with Crippen molar-refractivity contribution in [1.82, 2.24) is 5.09 Å². The van der Waals surface area contributed by atoms with Crippen molar-refractivity contribution in [3.63, 3.8) is 0 Å². The molecule has 6 heteroatoms. The number of ether oxygens (including phenoxy) is 1. The number of rotatable bonds is 8. The van der Waals surface area contributed by atoms with E-state index < -0.39 is 12.0 Å². The number of benzene rings is 1. The molecule has 0 aliphatic carbocycles. The molecule has 0 fully saturated rings. The summed E-state index contributed by atoms with van der Waals surface area (Å²) >= 11 is 0. The Labute approximate surface area is 111 Å². The Hall–Kier alpha value is -0.950. The number of hydrogen-bond donors (Lipinski definition) is 2. The first-order valence-corrected chi connectivity index (χ1v) is 8.25. The average Bonchev–Trinajstić information content (AvgIpc) is 2.37. The van der Waals surface area contributed by atoms with Crippen molar-refractivity contribution in [3.8, 4) is 5.75 Å². The van der Waals surface area contributed by atoms with E-state index in [4.69, 9.17) is 9.84 Å². The molecule has 0 aliphatic heterocycles. The van der Waals surface area contributed by atoms with Gasteiger partial charge in [0.1, 0.15) is 18.4 Å². The van der Waals surface area contributed by atoms with E-state index in [2.05, 4.69) is 20.6 Å². The van der Waals surface area contributed by atoms with Crippen molar-refractivity contribution in [1.29, 1.82) is 0 Å². The summed E-state index contributed by atoms with van der Waals surface area (Å²) in [7, 11) is 2.82. The molecule has 2 unspecified atom stereocenters. The molecule has 0 saturated carbocycles. The smallest absolute Gasteiger partial charge is 0.321 e. The zero-order valence-corrected chi connectivity index (χ0v) is 12.1. The van der Waals surface area contributed by atoms with Gasteiger partial charge in [0.05, 0.1) is 0 Å². The molecule has 1 aromatic carbocycles. The maximum Gasteiger partial charge on any atom is 0.321 e. The maximum atomic E-state index is 11.0. The largest absolute Gasteiger partial charge is 0.490 e. The van der Waals surface area contributed by atoms with Crippen LogP contribution >= 0.6 is 17.3 Å². The molecule has 3 atom stereocenters. The van der Waals surface area contributed by atoms with E-state index >= 15 is 0 Å². The van der Waals surface area contributed by atoms with Gasteiger partial charge in [0.25, 0.3) is 0 Å². The summed E-state index contributed by atoms with van der Waals surface area (Å²) in [6.07, 6.45) is 2.14. The number of hydrogen-bond acceptors (Lipinski definition) is 3. The second-order valence-electron chi connectivity index (χ2n) is 3.63. The van der Waals surface area contributed by atoms with Crippen molar-refractivity contribution in [2.24, 2.45) is 0 Å². The third-order valence-corrected chi connectivity index (χ3v) is 3.30. The Morgan fingerprint density at radius 1 is 1.56 bits per heavy atom. The minimum Gasteiger partial charge on any atom is -0.490 e. The van der Waals surface area contributed by atoms with Gasteiger partial charge < -0.3 is 9.84 Å². The van der Waals surface area contributed by atoms with Gasteiger partial charge in [-0.05, 0) is 32.5 Å². The summed E-state index contributed by atoms with van der Waals surface area (Å²) in [6.45, 7) is 4.04. The molecule has 4 nitrogen and oxygen atoms in total. The average molecular weight is 285 g/mol. The monoisotopic (exact) mass is 285 g/mol. The van der Waals surface area contributed by atoms with Crippen molar-refractivity contribution < 1.29 is 14.6 Å². The molecule has 98 valence electrons. The highest BCUT2D eigenvalue weighted by atomic mass is 32.0. The van der Waals surface area contributed by atoms with Gasteiger partial charge in [0, 0.05) is 0 Å². The fourth-order valence-corrected chi connectivity index (χ4v) is 2.44. The lowest BCUT2D eigenvalue weighted by molar-refractivity contribution is -0.138. The predicted molar refractivity (Wildman–Crippen MR) is 78.4 cm³/mol. The normalized spacial score (nSPS) is 12.5. The van der Waals surface area contributed by atoms with Crippen LogP contribution in [0.4, 0.5) is 0 Å². The van der Waals surface area contributed by atoms with Crippen molar-refractivity contribution >= 4 is 23.3 Å². The molecule has 18 heavy (non-hydrogen) atoms. The predicted octanol–water partition coefficient (Wildman–Crippen LogP) is 2.22. The molecule has 0 aromatic heterocycles. The second-order valence-corrected chi connectivity index (χ2v) is 5.07. The quantitative estimate of drug-likeness (QED) is 0.568. The molecule has 1 aromatic rings. The Bertz CT molecular complexity index is 395. The van der Waals surface area contributed by atoms with Gasteiger partial charge in [-0.15, -0.1) is 0 Å². The maximum absolute atomic E-state index is 11.0. The van der Waals surface area contributed by atoms with E-state index in [1.54, 1.807) is 6.08 Å². The zero-order chi connectivity index (χ0) is 13.4. The summed E-state index contributed by atoms with van der Waals surface area (Å²) in [5.74, 6) is -0.0802. The van der Waals surface area contributed by atoms with Crippen LogP contribution in [-0.2, 0) is 11.2 Å². The number of carbonyl (C=O) groups is 1. The van der Waals surface area contributed by atoms with Gasteiger partial charge in [-0.25, -0.2) is 0 Å². The fraction of sp³-hybridized carbons (Fsp3) is 0.250. The fourth-order valence-electron chi connectivity index (χ4n) is 1.41. The molecule has 0 bridgehead atoms. The minimum absolute atomic E-state index is 0.330. The van der Waals surface area contributed by atoms with Crippen LogP contribution in [0.25, 0.3) is 0 Å². The molecule has 0 heterocycles.